The number of nitrogens with one attached hydrogen (secondary N) is 1. The number of halogens is 1. The minimum Gasteiger partial charge on any atom is -0.451 e. The summed E-state index contributed by atoms with van der Waals surface area (Å²) >= 11 is 7.18. The Morgan fingerprint density at radius 2 is 2.15 bits per heavy atom. The first-order valence-electron chi connectivity index (χ1n) is 5.80. The van der Waals surface area contributed by atoms with Crippen LogP contribution in [-0.4, -0.2) is 12.1 Å². The number of nitrogens with zero attached hydrogens (tertiary/aromatic N) is 1. The highest BCUT2D eigenvalue weighted by Gasteiger charge is 2.10. The van der Waals surface area contributed by atoms with Gasteiger partial charge in [-0.1, -0.05) is 29.8 Å². The number of carbonyl (C=O) groups is 1. The fraction of sp³-hybridized carbons (Fsp3) is 0. The van der Waals surface area contributed by atoms with E-state index in [-0.39, 0.29) is 11.7 Å². The molecule has 0 spiro atoms. The van der Waals surface area contributed by atoms with E-state index in [4.69, 9.17) is 16.0 Å². The molecule has 0 atom stereocenters. The summed E-state index contributed by atoms with van der Waals surface area (Å²) < 4.78 is 6.11. The minimum atomic E-state index is -0.389. The Bertz CT molecular complexity index is 758. The number of hydrazone groups is 1. The lowest BCUT2D eigenvalue weighted by Crippen LogP contribution is -2.16. The number of carbonyl (C=O) groups excluding carboxylic acids is 1. The molecule has 1 aromatic carbocycles. The molecule has 0 aliphatic heterocycles. The molecule has 0 radical (unpaired) electrons. The van der Waals surface area contributed by atoms with Gasteiger partial charge in [0.1, 0.15) is 5.58 Å². The molecule has 3 rings (SSSR count). The van der Waals surface area contributed by atoms with Gasteiger partial charge < -0.3 is 4.42 Å². The van der Waals surface area contributed by atoms with Crippen LogP contribution in [-0.2, 0) is 0 Å². The van der Waals surface area contributed by atoms with Crippen molar-refractivity contribution in [2.75, 3.05) is 0 Å². The van der Waals surface area contributed by atoms with Gasteiger partial charge in [0.15, 0.2) is 5.76 Å². The topological polar surface area (TPSA) is 54.6 Å². The van der Waals surface area contributed by atoms with E-state index in [2.05, 4.69) is 10.5 Å². The molecule has 6 heteroatoms. The van der Waals surface area contributed by atoms with Gasteiger partial charge in [0.25, 0.3) is 0 Å². The zero-order valence-corrected chi connectivity index (χ0v) is 11.7. The highest BCUT2D eigenvalue weighted by Crippen LogP contribution is 2.20. The monoisotopic (exact) mass is 304 g/mol. The van der Waals surface area contributed by atoms with E-state index in [1.807, 2.05) is 30.3 Å². The van der Waals surface area contributed by atoms with Crippen LogP contribution in [0.4, 0.5) is 0 Å². The van der Waals surface area contributed by atoms with Crippen LogP contribution in [0.3, 0.4) is 0 Å². The maximum atomic E-state index is 11.9. The molecule has 1 N–H and O–H groups in total. The predicted octanol–water partition coefficient (Wildman–Crippen LogP) is 3.91. The molecule has 0 fully saturated rings. The highest BCUT2D eigenvalue weighted by atomic mass is 35.5. The Kier molecular flexibility index (Phi) is 3.54. The van der Waals surface area contributed by atoms with Gasteiger partial charge in [-0.15, -0.1) is 11.3 Å². The van der Waals surface area contributed by atoms with Crippen LogP contribution in [0.5, 0.6) is 0 Å². The van der Waals surface area contributed by atoms with Gasteiger partial charge in [-0.2, -0.15) is 5.10 Å². The van der Waals surface area contributed by atoms with Gasteiger partial charge >= 0.3 is 5.91 Å². The van der Waals surface area contributed by atoms with Crippen LogP contribution >= 0.6 is 22.9 Å². The largest absolute Gasteiger partial charge is 0.451 e. The molecule has 2 heterocycles. The van der Waals surface area contributed by atoms with Crippen molar-refractivity contribution >= 4 is 46.0 Å². The number of hydrogen-bond acceptors (Lipinski definition) is 4. The number of fused-ring (bicyclic) bond motifs is 1. The van der Waals surface area contributed by atoms with Gasteiger partial charge in [0.05, 0.1) is 10.6 Å². The first-order chi connectivity index (χ1) is 9.72. The van der Waals surface area contributed by atoms with Crippen LogP contribution in [0.15, 0.2) is 52.0 Å². The Balaban J connectivity index is 1.71. The number of hydrogen-bond donors (Lipinski definition) is 1. The first-order valence-corrected chi connectivity index (χ1v) is 6.99. The van der Waals surface area contributed by atoms with E-state index in [0.717, 1.165) is 10.3 Å². The molecule has 1 amide bonds. The third-order valence-electron chi connectivity index (χ3n) is 2.60. The molecule has 2 aromatic heterocycles. The fourth-order valence-corrected chi connectivity index (χ4v) is 2.63. The second kappa shape index (κ2) is 5.48. The summed E-state index contributed by atoms with van der Waals surface area (Å²) in [5.41, 5.74) is 3.09. The zero-order chi connectivity index (χ0) is 13.9. The molecular weight excluding hydrogens is 296 g/mol. The van der Waals surface area contributed by atoms with Crippen LogP contribution in [0.1, 0.15) is 15.4 Å². The Hall–Kier alpha value is -2.11. The Morgan fingerprint density at radius 3 is 2.90 bits per heavy atom. The molecule has 20 heavy (non-hydrogen) atoms. The number of para-hydroxylation sites is 1. The summed E-state index contributed by atoms with van der Waals surface area (Å²) in [6.45, 7) is 0. The molecule has 0 aliphatic rings. The normalized spacial score (nSPS) is 11.2. The molecule has 0 aliphatic carbocycles. The third kappa shape index (κ3) is 2.74. The number of benzene rings is 1. The zero-order valence-electron chi connectivity index (χ0n) is 10.2. The first kappa shape index (κ1) is 12.9. The van der Waals surface area contributed by atoms with Crippen molar-refractivity contribution in [2.24, 2.45) is 5.10 Å². The molecule has 0 bridgehead atoms. The standard InChI is InChI=1S/C14H9ClN2O2S/c15-13-6-5-10(20-13)8-16-17-14(18)12-7-9-3-1-2-4-11(9)19-12/h1-8H,(H,17,18)/b16-8+. The van der Waals surface area contributed by atoms with Gasteiger partial charge in [-0.25, -0.2) is 5.43 Å². The lowest BCUT2D eigenvalue weighted by atomic mass is 10.2. The van der Waals surface area contributed by atoms with E-state index < -0.39 is 0 Å². The van der Waals surface area contributed by atoms with Crippen molar-refractivity contribution in [1.29, 1.82) is 0 Å². The van der Waals surface area contributed by atoms with Crippen LogP contribution < -0.4 is 5.43 Å². The van der Waals surface area contributed by atoms with E-state index in [9.17, 15) is 4.79 Å². The van der Waals surface area contributed by atoms with Crippen molar-refractivity contribution in [3.05, 3.63) is 57.4 Å². The second-order valence-corrected chi connectivity index (χ2v) is 5.74. The van der Waals surface area contributed by atoms with Crippen molar-refractivity contribution < 1.29 is 9.21 Å². The summed E-state index contributed by atoms with van der Waals surface area (Å²) in [4.78, 5) is 12.7. The van der Waals surface area contributed by atoms with Crippen molar-refractivity contribution in [3.63, 3.8) is 0 Å². The Morgan fingerprint density at radius 1 is 1.30 bits per heavy atom. The lowest BCUT2D eigenvalue weighted by molar-refractivity contribution is 0.0929. The molecule has 0 saturated heterocycles. The lowest BCUT2D eigenvalue weighted by Gasteiger charge is -1.93. The molecule has 4 nitrogen and oxygen atoms in total. The summed E-state index contributed by atoms with van der Waals surface area (Å²) in [7, 11) is 0. The van der Waals surface area contributed by atoms with Crippen LogP contribution in [0, 0.1) is 0 Å². The molecule has 0 saturated carbocycles. The SMILES string of the molecule is O=C(N/N=C/c1ccc(Cl)s1)c1cc2ccccc2o1. The quantitative estimate of drug-likeness (QED) is 0.589. The maximum Gasteiger partial charge on any atom is 0.307 e. The number of thiophene rings is 1. The fourth-order valence-electron chi connectivity index (χ4n) is 1.70. The summed E-state index contributed by atoms with van der Waals surface area (Å²) in [6, 6.07) is 12.7. The average molecular weight is 305 g/mol. The molecule has 0 unspecified atom stereocenters. The van der Waals surface area contributed by atoms with Gasteiger partial charge in [-0.05, 0) is 24.3 Å². The average Bonchev–Trinajstić information content (AvgIpc) is 3.04. The minimum absolute atomic E-state index is 0.229. The van der Waals surface area contributed by atoms with Crippen molar-refractivity contribution in [2.45, 2.75) is 0 Å². The third-order valence-corrected chi connectivity index (χ3v) is 3.77. The van der Waals surface area contributed by atoms with Crippen molar-refractivity contribution in [3.8, 4) is 0 Å². The summed E-state index contributed by atoms with van der Waals surface area (Å²) in [5, 5.41) is 4.75. The Labute approximate surface area is 123 Å². The summed E-state index contributed by atoms with van der Waals surface area (Å²) in [5.74, 6) is -0.160. The number of furan rings is 1. The molecule has 100 valence electrons. The van der Waals surface area contributed by atoms with Crippen molar-refractivity contribution in [1.82, 2.24) is 5.43 Å². The predicted molar refractivity (Wildman–Crippen MR) is 80.6 cm³/mol. The molecular formula is C14H9ClN2O2S. The van der Waals surface area contributed by atoms with Crippen LogP contribution in [0.25, 0.3) is 11.0 Å². The summed E-state index contributed by atoms with van der Waals surface area (Å²) in [6.07, 6.45) is 1.54. The number of amides is 1. The second-order valence-electron chi connectivity index (χ2n) is 3.99. The van der Waals surface area contributed by atoms with E-state index in [1.54, 1.807) is 12.1 Å². The van der Waals surface area contributed by atoms with Gasteiger partial charge in [0, 0.05) is 10.3 Å². The van der Waals surface area contributed by atoms with Crippen LogP contribution in [0.2, 0.25) is 4.34 Å². The highest BCUT2D eigenvalue weighted by molar-refractivity contribution is 7.17. The molecule has 3 aromatic rings. The van der Waals surface area contributed by atoms with E-state index >= 15 is 0 Å². The maximum absolute atomic E-state index is 11.9. The smallest absolute Gasteiger partial charge is 0.307 e. The van der Waals surface area contributed by atoms with Gasteiger partial charge in [-0.3, -0.25) is 4.79 Å². The van der Waals surface area contributed by atoms with E-state index in [1.165, 1.54) is 17.6 Å². The van der Waals surface area contributed by atoms with Gasteiger partial charge in [0.2, 0.25) is 0 Å². The van der Waals surface area contributed by atoms with E-state index in [0.29, 0.717) is 9.92 Å². The number of rotatable bonds is 3.